The van der Waals surface area contributed by atoms with Crippen LogP contribution in [0.4, 0.5) is 20.6 Å². The van der Waals surface area contributed by atoms with Crippen molar-refractivity contribution in [3.63, 3.8) is 0 Å². The van der Waals surface area contributed by atoms with Gasteiger partial charge in [0.15, 0.2) is 0 Å². The van der Waals surface area contributed by atoms with Crippen LogP contribution in [0.25, 0.3) is 16.9 Å². The van der Waals surface area contributed by atoms with Gasteiger partial charge in [-0.1, -0.05) is 6.07 Å². The number of carbonyl (C=O) groups is 1. The van der Waals surface area contributed by atoms with Gasteiger partial charge in [0.1, 0.15) is 11.6 Å². The van der Waals surface area contributed by atoms with Gasteiger partial charge in [0.2, 0.25) is 5.88 Å². The number of urea groups is 1. The number of H-pyrrole nitrogens is 1. The lowest BCUT2D eigenvalue weighted by Gasteiger charge is -2.12. The predicted octanol–water partition coefficient (Wildman–Crippen LogP) is 5.85. The highest BCUT2D eigenvalue weighted by Crippen LogP contribution is 2.27. The fourth-order valence-electron chi connectivity index (χ4n) is 3.64. The fraction of sp³-hybridized carbons (Fsp3) is 0.0769. The van der Waals surface area contributed by atoms with E-state index in [-0.39, 0.29) is 5.69 Å². The number of aromatic nitrogens is 5. The van der Waals surface area contributed by atoms with Crippen LogP contribution in [0.3, 0.4) is 0 Å². The van der Waals surface area contributed by atoms with Crippen molar-refractivity contribution < 1.29 is 13.9 Å². The Kier molecular flexibility index (Phi) is 6.14. The normalized spacial score (nSPS) is 10.8. The number of rotatable bonds is 6. The number of hydrogen-bond acceptors (Lipinski definition) is 5. The first kappa shape index (κ1) is 22.8. The van der Waals surface area contributed by atoms with Gasteiger partial charge in [0.25, 0.3) is 0 Å². The van der Waals surface area contributed by atoms with Gasteiger partial charge in [-0.15, -0.1) is 0 Å². The first-order valence-corrected chi connectivity index (χ1v) is 11.1. The molecular weight excluding hydrogens is 461 g/mol. The largest absolute Gasteiger partial charge is 0.439 e. The molecule has 0 radical (unpaired) electrons. The molecule has 0 bridgehead atoms. The standard InChI is InChI=1S/C26H22FN7O2/c1-16-8-19(10-20(9-16)34-14-17(2)28-15-34)31-26(35)33-24-11-21(6-7-22(24)27)36-25-5-3-4-23(32-25)18-12-29-30-13-18/h3-15H,1-2H3,(H,29,30)(H2,31,33,35). The van der Waals surface area contributed by atoms with Crippen molar-refractivity contribution in [1.29, 1.82) is 0 Å². The molecule has 3 aromatic heterocycles. The summed E-state index contributed by atoms with van der Waals surface area (Å²) in [5.74, 6) is 0.0334. The third-order valence-corrected chi connectivity index (χ3v) is 5.26. The number of nitrogens with zero attached hydrogens (tertiary/aromatic N) is 4. The molecule has 0 atom stereocenters. The van der Waals surface area contributed by atoms with Gasteiger partial charge in [0, 0.05) is 41.5 Å². The Balaban J connectivity index is 1.30. The minimum Gasteiger partial charge on any atom is -0.439 e. The van der Waals surface area contributed by atoms with Crippen molar-refractivity contribution in [2.24, 2.45) is 0 Å². The Bertz CT molecular complexity index is 1530. The lowest BCUT2D eigenvalue weighted by Crippen LogP contribution is -2.20. The Hall–Kier alpha value is -4.99. The summed E-state index contributed by atoms with van der Waals surface area (Å²) < 4.78 is 22.1. The Morgan fingerprint density at radius 1 is 1.08 bits per heavy atom. The van der Waals surface area contributed by atoms with Crippen LogP contribution in [0.1, 0.15) is 11.3 Å². The van der Waals surface area contributed by atoms with E-state index in [1.165, 1.54) is 18.2 Å². The minimum absolute atomic E-state index is 0.0332. The summed E-state index contributed by atoms with van der Waals surface area (Å²) in [5.41, 5.74) is 4.67. The first-order chi connectivity index (χ1) is 17.4. The molecule has 0 unspecified atom stereocenters. The molecule has 180 valence electrons. The zero-order valence-electron chi connectivity index (χ0n) is 19.5. The van der Waals surface area contributed by atoms with E-state index in [0.29, 0.717) is 23.0 Å². The Labute approximate surface area is 206 Å². The van der Waals surface area contributed by atoms with Gasteiger partial charge in [0.05, 0.1) is 29.6 Å². The van der Waals surface area contributed by atoms with Crippen molar-refractivity contribution in [2.75, 3.05) is 10.6 Å². The van der Waals surface area contributed by atoms with E-state index in [1.54, 1.807) is 30.9 Å². The van der Waals surface area contributed by atoms with Crippen LogP contribution in [-0.4, -0.2) is 30.8 Å². The summed E-state index contributed by atoms with van der Waals surface area (Å²) in [6.07, 6.45) is 6.96. The monoisotopic (exact) mass is 483 g/mol. The molecule has 2 amide bonds. The number of halogens is 1. The number of amides is 2. The van der Waals surface area contributed by atoms with Crippen LogP contribution in [0.2, 0.25) is 0 Å². The topological polar surface area (TPSA) is 110 Å². The zero-order chi connectivity index (χ0) is 25.1. The van der Waals surface area contributed by atoms with E-state index in [1.807, 2.05) is 48.9 Å². The van der Waals surface area contributed by atoms with Crippen LogP contribution in [0, 0.1) is 19.7 Å². The zero-order valence-corrected chi connectivity index (χ0v) is 19.5. The maximum absolute atomic E-state index is 14.5. The van der Waals surface area contributed by atoms with E-state index < -0.39 is 11.8 Å². The van der Waals surface area contributed by atoms with Crippen molar-refractivity contribution in [3.8, 4) is 28.6 Å². The van der Waals surface area contributed by atoms with Crippen LogP contribution in [0.15, 0.2) is 79.5 Å². The molecule has 5 rings (SSSR count). The number of anilines is 2. The summed E-state index contributed by atoms with van der Waals surface area (Å²) in [4.78, 5) is 21.3. The number of imidazole rings is 1. The van der Waals surface area contributed by atoms with Gasteiger partial charge in [-0.3, -0.25) is 5.10 Å². The van der Waals surface area contributed by atoms with Crippen molar-refractivity contribution >= 4 is 17.4 Å². The molecule has 3 heterocycles. The number of hydrogen-bond donors (Lipinski definition) is 3. The van der Waals surface area contributed by atoms with E-state index in [4.69, 9.17) is 4.74 Å². The molecular formula is C26H22FN7O2. The quantitative estimate of drug-likeness (QED) is 0.281. The summed E-state index contributed by atoms with van der Waals surface area (Å²) in [5, 5.41) is 12.0. The van der Waals surface area contributed by atoms with Crippen molar-refractivity contribution in [3.05, 3.63) is 96.6 Å². The Morgan fingerprint density at radius 3 is 2.75 bits per heavy atom. The summed E-state index contributed by atoms with van der Waals surface area (Å²) in [7, 11) is 0. The summed E-state index contributed by atoms with van der Waals surface area (Å²) >= 11 is 0. The van der Waals surface area contributed by atoms with Crippen LogP contribution >= 0.6 is 0 Å². The molecule has 0 fully saturated rings. The summed E-state index contributed by atoms with van der Waals surface area (Å²) in [6.45, 7) is 3.82. The summed E-state index contributed by atoms with van der Waals surface area (Å²) in [6, 6.07) is 14.4. The lowest BCUT2D eigenvalue weighted by molar-refractivity contribution is 0.262. The van der Waals surface area contributed by atoms with Crippen molar-refractivity contribution in [1.82, 2.24) is 24.7 Å². The molecule has 3 N–H and O–H groups in total. The molecule has 0 saturated carbocycles. The highest BCUT2D eigenvalue weighted by Gasteiger charge is 2.12. The number of aromatic amines is 1. The molecule has 10 heteroatoms. The number of benzene rings is 2. The van der Waals surface area contributed by atoms with Gasteiger partial charge in [-0.05, 0) is 55.8 Å². The number of aryl methyl sites for hydroxylation is 2. The highest BCUT2D eigenvalue weighted by atomic mass is 19.1. The van der Waals surface area contributed by atoms with E-state index in [0.717, 1.165) is 22.5 Å². The molecule has 2 aromatic carbocycles. The SMILES string of the molecule is Cc1cc(NC(=O)Nc2cc(Oc3cccc(-c4cn[nH]c4)n3)ccc2F)cc(-n2cnc(C)c2)c1. The molecule has 0 aliphatic rings. The van der Waals surface area contributed by atoms with Gasteiger partial charge in [-0.25, -0.2) is 19.2 Å². The molecule has 36 heavy (non-hydrogen) atoms. The maximum Gasteiger partial charge on any atom is 0.323 e. The predicted molar refractivity (Wildman–Crippen MR) is 134 cm³/mol. The van der Waals surface area contributed by atoms with E-state index >= 15 is 0 Å². The van der Waals surface area contributed by atoms with Crippen LogP contribution < -0.4 is 15.4 Å². The van der Waals surface area contributed by atoms with E-state index in [9.17, 15) is 9.18 Å². The third-order valence-electron chi connectivity index (χ3n) is 5.26. The molecule has 0 aliphatic heterocycles. The van der Waals surface area contributed by atoms with Gasteiger partial charge in [-0.2, -0.15) is 5.10 Å². The molecule has 5 aromatic rings. The molecule has 0 aliphatic carbocycles. The maximum atomic E-state index is 14.5. The molecule has 9 nitrogen and oxygen atoms in total. The van der Waals surface area contributed by atoms with Gasteiger partial charge >= 0.3 is 6.03 Å². The second-order valence-electron chi connectivity index (χ2n) is 8.15. The van der Waals surface area contributed by atoms with Crippen molar-refractivity contribution in [2.45, 2.75) is 13.8 Å². The second-order valence-corrected chi connectivity index (χ2v) is 8.15. The fourth-order valence-corrected chi connectivity index (χ4v) is 3.64. The third kappa shape index (κ3) is 5.22. The Morgan fingerprint density at radius 2 is 1.97 bits per heavy atom. The molecule has 0 spiro atoms. The van der Waals surface area contributed by atoms with Crippen LogP contribution in [0.5, 0.6) is 11.6 Å². The minimum atomic E-state index is -0.601. The number of nitrogens with one attached hydrogen (secondary N) is 3. The van der Waals surface area contributed by atoms with E-state index in [2.05, 4.69) is 30.8 Å². The first-order valence-electron chi connectivity index (χ1n) is 11.1. The number of carbonyl (C=O) groups excluding carboxylic acids is 1. The highest BCUT2D eigenvalue weighted by molar-refractivity contribution is 6.00. The smallest absolute Gasteiger partial charge is 0.323 e. The molecule has 0 saturated heterocycles. The average molecular weight is 484 g/mol. The average Bonchev–Trinajstić information content (AvgIpc) is 3.53. The van der Waals surface area contributed by atoms with Gasteiger partial charge < -0.3 is 19.9 Å². The second kappa shape index (κ2) is 9.71. The number of pyridine rings is 1. The lowest BCUT2D eigenvalue weighted by atomic mass is 10.2. The van der Waals surface area contributed by atoms with Crippen LogP contribution in [-0.2, 0) is 0 Å². The number of ether oxygens (including phenoxy) is 1.